The number of piperidine rings is 1. The molecule has 0 unspecified atom stereocenters. The van der Waals surface area contributed by atoms with Gasteiger partial charge in [0.25, 0.3) is 0 Å². The molecule has 0 saturated carbocycles. The Balaban J connectivity index is 1.46. The Kier molecular flexibility index (Phi) is 6.31. The Labute approximate surface area is 150 Å². The van der Waals surface area contributed by atoms with Crippen LogP contribution in [0.15, 0.2) is 48.5 Å². The molecule has 0 bridgehead atoms. The van der Waals surface area contributed by atoms with Gasteiger partial charge in [-0.2, -0.15) is 0 Å². The molecule has 0 atom stereocenters. The lowest BCUT2D eigenvalue weighted by atomic mass is 9.97. The second-order valence-corrected chi connectivity index (χ2v) is 6.73. The van der Waals surface area contributed by atoms with Crippen LogP contribution in [0.3, 0.4) is 0 Å². The molecule has 2 aromatic rings. The van der Waals surface area contributed by atoms with E-state index < -0.39 is 0 Å². The van der Waals surface area contributed by atoms with Gasteiger partial charge in [-0.25, -0.2) is 0 Å². The zero-order valence-electron chi connectivity index (χ0n) is 14.9. The molecule has 0 spiro atoms. The van der Waals surface area contributed by atoms with E-state index in [-0.39, 0.29) is 0 Å². The van der Waals surface area contributed by atoms with Crippen molar-refractivity contribution in [2.24, 2.45) is 5.92 Å². The average molecular weight is 340 g/mol. The zero-order chi connectivity index (χ0) is 17.5. The first kappa shape index (κ1) is 17.8. The molecule has 25 heavy (non-hydrogen) atoms. The van der Waals surface area contributed by atoms with E-state index in [1.54, 1.807) is 7.11 Å². The van der Waals surface area contributed by atoms with Gasteiger partial charge in [0.15, 0.2) is 0 Å². The molecule has 1 aliphatic rings. The molecule has 134 valence electrons. The number of nitrogens with one attached hydrogen (secondary N) is 1. The van der Waals surface area contributed by atoms with Crippen molar-refractivity contribution >= 4 is 5.69 Å². The lowest BCUT2D eigenvalue weighted by Crippen LogP contribution is -2.34. The molecule has 0 amide bonds. The minimum atomic E-state index is 0.326. The molecular formula is C21H28N2O2. The highest BCUT2D eigenvalue weighted by molar-refractivity contribution is 5.48. The van der Waals surface area contributed by atoms with Gasteiger partial charge in [-0.05, 0) is 54.2 Å². The minimum absolute atomic E-state index is 0.326. The van der Waals surface area contributed by atoms with E-state index in [4.69, 9.17) is 4.74 Å². The second kappa shape index (κ2) is 8.88. The predicted octanol–water partition coefficient (Wildman–Crippen LogP) is 3.19. The van der Waals surface area contributed by atoms with Crippen LogP contribution < -0.4 is 15.0 Å². The number of anilines is 1. The first-order valence-electron chi connectivity index (χ1n) is 9.07. The van der Waals surface area contributed by atoms with Crippen LogP contribution in [-0.2, 0) is 13.1 Å². The molecule has 2 N–H and O–H groups in total. The van der Waals surface area contributed by atoms with E-state index in [2.05, 4.69) is 46.6 Å². The molecule has 2 aromatic carbocycles. The van der Waals surface area contributed by atoms with Crippen LogP contribution in [0.2, 0.25) is 0 Å². The number of nitrogens with zero attached hydrogens (tertiary/aromatic N) is 1. The molecule has 0 aromatic heterocycles. The molecule has 0 aliphatic carbocycles. The summed E-state index contributed by atoms with van der Waals surface area (Å²) in [6.45, 7) is 4.12. The zero-order valence-corrected chi connectivity index (χ0v) is 14.9. The van der Waals surface area contributed by atoms with Crippen LogP contribution in [-0.4, -0.2) is 31.9 Å². The summed E-state index contributed by atoms with van der Waals surface area (Å²) in [6, 6.07) is 17.0. The Hall–Kier alpha value is -2.04. The van der Waals surface area contributed by atoms with E-state index in [1.165, 1.54) is 16.8 Å². The fourth-order valence-corrected chi connectivity index (χ4v) is 3.29. The minimum Gasteiger partial charge on any atom is -0.497 e. The number of methoxy groups -OCH3 is 1. The molecular weight excluding hydrogens is 312 g/mol. The summed E-state index contributed by atoms with van der Waals surface area (Å²) >= 11 is 0. The van der Waals surface area contributed by atoms with E-state index in [0.29, 0.717) is 12.5 Å². The highest BCUT2D eigenvalue weighted by atomic mass is 16.5. The molecule has 1 aliphatic heterocycles. The molecule has 3 rings (SSSR count). The quantitative estimate of drug-likeness (QED) is 0.812. The fraction of sp³-hybridized carbons (Fsp3) is 0.429. The van der Waals surface area contributed by atoms with Crippen molar-refractivity contribution < 1.29 is 9.84 Å². The van der Waals surface area contributed by atoms with E-state index in [9.17, 15) is 5.11 Å². The van der Waals surface area contributed by atoms with Gasteiger partial charge in [-0.15, -0.1) is 0 Å². The molecule has 4 nitrogen and oxygen atoms in total. The van der Waals surface area contributed by atoms with Gasteiger partial charge in [-0.3, -0.25) is 0 Å². The first-order valence-corrected chi connectivity index (χ1v) is 9.07. The van der Waals surface area contributed by atoms with Gasteiger partial charge >= 0.3 is 0 Å². The van der Waals surface area contributed by atoms with Crippen molar-refractivity contribution in [3.63, 3.8) is 0 Å². The van der Waals surface area contributed by atoms with Crippen LogP contribution in [0.4, 0.5) is 5.69 Å². The number of hydrogen-bond donors (Lipinski definition) is 2. The third kappa shape index (κ3) is 4.97. The summed E-state index contributed by atoms with van der Waals surface area (Å²) < 4.78 is 5.18. The van der Waals surface area contributed by atoms with Crippen molar-refractivity contribution in [3.8, 4) is 5.75 Å². The number of aliphatic hydroxyl groups is 1. The summed E-state index contributed by atoms with van der Waals surface area (Å²) in [6.07, 6.45) is 2.17. The third-order valence-corrected chi connectivity index (χ3v) is 4.99. The van der Waals surface area contributed by atoms with E-state index >= 15 is 0 Å². The van der Waals surface area contributed by atoms with Crippen molar-refractivity contribution in [3.05, 3.63) is 59.7 Å². The van der Waals surface area contributed by atoms with E-state index in [1.807, 2.05) is 12.1 Å². The number of benzene rings is 2. The summed E-state index contributed by atoms with van der Waals surface area (Å²) in [4.78, 5) is 2.42. The summed E-state index contributed by atoms with van der Waals surface area (Å²) in [7, 11) is 1.69. The fourth-order valence-electron chi connectivity index (χ4n) is 3.29. The Morgan fingerprint density at radius 3 is 2.04 bits per heavy atom. The second-order valence-electron chi connectivity index (χ2n) is 6.73. The largest absolute Gasteiger partial charge is 0.497 e. The van der Waals surface area contributed by atoms with Crippen LogP contribution in [0.25, 0.3) is 0 Å². The Bertz CT molecular complexity index is 632. The highest BCUT2D eigenvalue weighted by Gasteiger charge is 2.18. The Morgan fingerprint density at radius 1 is 0.960 bits per heavy atom. The number of aliphatic hydroxyl groups excluding tert-OH is 1. The lowest BCUT2D eigenvalue weighted by Gasteiger charge is -2.33. The predicted molar refractivity (Wildman–Crippen MR) is 102 cm³/mol. The topological polar surface area (TPSA) is 44.7 Å². The number of ether oxygens (including phenoxy) is 1. The monoisotopic (exact) mass is 340 g/mol. The van der Waals surface area contributed by atoms with Gasteiger partial charge in [0.1, 0.15) is 5.75 Å². The van der Waals surface area contributed by atoms with Crippen molar-refractivity contribution in [2.75, 3.05) is 31.7 Å². The number of rotatable bonds is 7. The van der Waals surface area contributed by atoms with Crippen LogP contribution >= 0.6 is 0 Å². The van der Waals surface area contributed by atoms with Crippen LogP contribution in [0.1, 0.15) is 24.0 Å². The van der Waals surface area contributed by atoms with Crippen molar-refractivity contribution in [1.82, 2.24) is 5.32 Å². The standard InChI is InChI=1S/C21H28N2O2/c1-25-21-8-4-18(5-9-21)15-22-14-17-2-6-20(7-3-17)23-12-10-19(16-24)11-13-23/h2-9,19,22,24H,10-16H2,1H3. The molecule has 1 fully saturated rings. The maximum Gasteiger partial charge on any atom is 0.118 e. The SMILES string of the molecule is COc1ccc(CNCc2ccc(N3CCC(CO)CC3)cc2)cc1. The van der Waals surface area contributed by atoms with Crippen LogP contribution in [0, 0.1) is 5.92 Å². The Morgan fingerprint density at radius 2 is 1.52 bits per heavy atom. The first-order chi connectivity index (χ1) is 12.3. The van der Waals surface area contributed by atoms with Gasteiger partial charge in [0.05, 0.1) is 7.11 Å². The normalized spacial score (nSPS) is 15.4. The summed E-state index contributed by atoms with van der Waals surface area (Å²) in [5, 5.41) is 12.7. The lowest BCUT2D eigenvalue weighted by molar-refractivity contribution is 0.203. The van der Waals surface area contributed by atoms with E-state index in [0.717, 1.165) is 44.8 Å². The van der Waals surface area contributed by atoms with Gasteiger partial charge in [-0.1, -0.05) is 24.3 Å². The van der Waals surface area contributed by atoms with Crippen molar-refractivity contribution in [1.29, 1.82) is 0 Å². The van der Waals surface area contributed by atoms with Gasteiger partial charge in [0, 0.05) is 38.5 Å². The van der Waals surface area contributed by atoms with Gasteiger partial charge < -0.3 is 20.1 Å². The summed E-state index contributed by atoms with van der Waals surface area (Å²) in [5.41, 5.74) is 3.84. The maximum atomic E-state index is 9.24. The van der Waals surface area contributed by atoms with Crippen molar-refractivity contribution in [2.45, 2.75) is 25.9 Å². The third-order valence-electron chi connectivity index (χ3n) is 4.99. The molecule has 1 saturated heterocycles. The maximum absolute atomic E-state index is 9.24. The molecule has 4 heteroatoms. The molecule has 1 heterocycles. The highest BCUT2D eigenvalue weighted by Crippen LogP contribution is 2.23. The van der Waals surface area contributed by atoms with Gasteiger partial charge in [0.2, 0.25) is 0 Å². The molecule has 0 radical (unpaired) electrons. The number of hydrogen-bond acceptors (Lipinski definition) is 4. The summed E-state index contributed by atoms with van der Waals surface area (Å²) in [5.74, 6) is 1.38. The average Bonchev–Trinajstić information content (AvgIpc) is 2.69. The van der Waals surface area contributed by atoms with Crippen LogP contribution in [0.5, 0.6) is 5.75 Å². The smallest absolute Gasteiger partial charge is 0.118 e.